The lowest BCUT2D eigenvalue weighted by atomic mass is 9.79. The molecule has 1 aromatic rings. The molecule has 0 aliphatic carbocycles. The molecule has 1 amide bonds. The smallest absolute Gasteiger partial charge is 0.387 e. The number of carbonyl (C=O) groups excluding carboxylic acids is 1. The van der Waals surface area contributed by atoms with E-state index in [-0.39, 0.29) is 21.9 Å². The highest BCUT2D eigenvalue weighted by Crippen LogP contribution is 2.31. The van der Waals surface area contributed by atoms with Gasteiger partial charge in [-0.3, -0.25) is 4.79 Å². The lowest BCUT2D eigenvalue weighted by Crippen LogP contribution is -2.47. The van der Waals surface area contributed by atoms with Crippen molar-refractivity contribution in [2.24, 2.45) is 5.41 Å². The number of nitrogens with one attached hydrogen (secondary N) is 2. The molecule has 0 saturated carbocycles. The molecule has 0 aromatic carbocycles. The fourth-order valence-corrected chi connectivity index (χ4v) is 3.68. The number of aryl methyl sites for hydroxylation is 1. The second-order valence-electron chi connectivity index (χ2n) is 5.79. The molecule has 1 aliphatic rings. The largest absolute Gasteiger partial charge is 0.433 e. The van der Waals surface area contributed by atoms with Crippen molar-refractivity contribution in [1.82, 2.24) is 10.6 Å². The van der Waals surface area contributed by atoms with Crippen molar-refractivity contribution in [3.05, 3.63) is 15.8 Å². The Hall–Kier alpha value is -1.25. The van der Waals surface area contributed by atoms with Gasteiger partial charge in [-0.05, 0) is 38.9 Å². The summed E-state index contributed by atoms with van der Waals surface area (Å²) in [5.41, 5.74) is -0.119. The van der Waals surface area contributed by atoms with Crippen LogP contribution in [0.25, 0.3) is 0 Å². The number of hydrogen-bond acceptors (Lipinski definition) is 5. The van der Waals surface area contributed by atoms with Gasteiger partial charge in [0.15, 0.2) is 0 Å². The molecule has 130 valence electrons. The number of methoxy groups -OCH3 is 1. The maximum Gasteiger partial charge on any atom is 0.387 e. The lowest BCUT2D eigenvalue weighted by Gasteiger charge is -2.37. The summed E-state index contributed by atoms with van der Waals surface area (Å²) in [6.45, 7) is 1.55. The van der Waals surface area contributed by atoms with Gasteiger partial charge >= 0.3 is 6.61 Å². The fourth-order valence-electron chi connectivity index (χ4n) is 2.82. The van der Waals surface area contributed by atoms with Gasteiger partial charge in [0, 0.05) is 23.9 Å². The summed E-state index contributed by atoms with van der Waals surface area (Å²) < 4.78 is 34.6. The summed E-state index contributed by atoms with van der Waals surface area (Å²) in [7, 11) is 1.64. The predicted octanol–water partition coefficient (Wildman–Crippen LogP) is 2.40. The van der Waals surface area contributed by atoms with E-state index in [4.69, 9.17) is 4.74 Å². The molecule has 0 radical (unpaired) electrons. The van der Waals surface area contributed by atoms with Crippen LogP contribution < -0.4 is 15.4 Å². The second-order valence-corrected chi connectivity index (χ2v) is 7.05. The van der Waals surface area contributed by atoms with Gasteiger partial charge in [0.1, 0.15) is 10.6 Å². The topological polar surface area (TPSA) is 59.6 Å². The van der Waals surface area contributed by atoms with Crippen LogP contribution in [0.2, 0.25) is 0 Å². The van der Waals surface area contributed by atoms with E-state index in [9.17, 15) is 13.6 Å². The fraction of sp³-hybridized carbons (Fsp3) is 0.667. The number of alkyl halides is 2. The number of amides is 1. The average Bonchev–Trinajstić information content (AvgIpc) is 2.86. The summed E-state index contributed by atoms with van der Waals surface area (Å²) in [4.78, 5) is 13.3. The third-order valence-corrected chi connectivity index (χ3v) is 5.01. The number of halogens is 2. The Morgan fingerprint density at radius 2 is 2.17 bits per heavy atom. The van der Waals surface area contributed by atoms with Gasteiger partial charge < -0.3 is 20.1 Å². The quantitative estimate of drug-likeness (QED) is 0.794. The third kappa shape index (κ3) is 4.86. The van der Waals surface area contributed by atoms with Crippen molar-refractivity contribution in [2.75, 3.05) is 33.4 Å². The zero-order valence-electron chi connectivity index (χ0n) is 13.3. The summed E-state index contributed by atoms with van der Waals surface area (Å²) in [5, 5.41) is 6.14. The van der Waals surface area contributed by atoms with Crippen LogP contribution in [0.15, 0.2) is 6.07 Å². The highest BCUT2D eigenvalue weighted by molar-refractivity contribution is 7.14. The molecule has 23 heavy (non-hydrogen) atoms. The molecule has 1 fully saturated rings. The SMILES string of the molecule is COCC1(CNC(=O)c2sc(C)cc2OC(F)F)CCNCC1. The standard InChI is InChI=1S/C15H22F2N2O3S/c1-10-7-11(22-14(16)17)12(23-10)13(20)19-8-15(9-21-2)3-5-18-6-4-15/h7,14,18H,3-6,8-9H2,1-2H3,(H,19,20). The summed E-state index contributed by atoms with van der Waals surface area (Å²) in [6, 6.07) is 1.46. The highest BCUT2D eigenvalue weighted by atomic mass is 32.1. The van der Waals surface area contributed by atoms with E-state index in [1.807, 2.05) is 0 Å². The summed E-state index contributed by atoms with van der Waals surface area (Å²) in [6.07, 6.45) is 1.79. The number of carbonyl (C=O) groups is 1. The maximum atomic E-state index is 12.4. The van der Waals surface area contributed by atoms with E-state index < -0.39 is 6.61 Å². The maximum absolute atomic E-state index is 12.4. The second kappa shape index (κ2) is 8.03. The normalized spacial score (nSPS) is 17.3. The third-order valence-electron chi connectivity index (χ3n) is 3.98. The first-order valence-electron chi connectivity index (χ1n) is 7.49. The van der Waals surface area contributed by atoms with Crippen LogP contribution in [0, 0.1) is 12.3 Å². The van der Waals surface area contributed by atoms with Crippen LogP contribution in [-0.2, 0) is 4.74 Å². The van der Waals surface area contributed by atoms with E-state index in [1.165, 1.54) is 6.07 Å². The zero-order valence-corrected chi connectivity index (χ0v) is 14.1. The number of piperidine rings is 1. The molecule has 1 aliphatic heterocycles. The molecule has 0 atom stereocenters. The molecule has 0 bridgehead atoms. The van der Waals surface area contributed by atoms with Crippen LogP contribution >= 0.6 is 11.3 Å². The number of hydrogen-bond donors (Lipinski definition) is 2. The van der Waals surface area contributed by atoms with Crippen molar-refractivity contribution in [3.8, 4) is 5.75 Å². The highest BCUT2D eigenvalue weighted by Gasteiger charge is 2.33. The van der Waals surface area contributed by atoms with Crippen LogP contribution in [-0.4, -0.2) is 45.9 Å². The van der Waals surface area contributed by atoms with Crippen LogP contribution in [0.4, 0.5) is 8.78 Å². The average molecular weight is 348 g/mol. The van der Waals surface area contributed by atoms with Gasteiger partial charge in [-0.2, -0.15) is 8.78 Å². The van der Waals surface area contributed by atoms with Gasteiger partial charge in [-0.1, -0.05) is 0 Å². The Bertz CT molecular complexity index is 525. The Balaban J connectivity index is 2.03. The van der Waals surface area contributed by atoms with Crippen molar-refractivity contribution >= 4 is 17.2 Å². The molecule has 2 heterocycles. The molecular formula is C15H22F2N2O3S. The van der Waals surface area contributed by atoms with Crippen molar-refractivity contribution in [1.29, 1.82) is 0 Å². The van der Waals surface area contributed by atoms with E-state index >= 15 is 0 Å². The monoisotopic (exact) mass is 348 g/mol. The molecule has 0 spiro atoms. The first-order chi connectivity index (χ1) is 11.0. The molecule has 2 rings (SSSR count). The minimum absolute atomic E-state index is 0.0638. The number of rotatable bonds is 7. The van der Waals surface area contributed by atoms with E-state index in [2.05, 4.69) is 15.4 Å². The van der Waals surface area contributed by atoms with Gasteiger partial charge in [-0.25, -0.2) is 0 Å². The Morgan fingerprint density at radius 3 is 2.78 bits per heavy atom. The van der Waals surface area contributed by atoms with Gasteiger partial charge in [0.25, 0.3) is 5.91 Å². The van der Waals surface area contributed by atoms with Gasteiger partial charge in [-0.15, -0.1) is 11.3 Å². The number of thiophene rings is 1. The Kier molecular flexibility index (Phi) is 6.32. The Labute approximate surface area is 138 Å². The van der Waals surface area contributed by atoms with Crippen LogP contribution in [0.3, 0.4) is 0 Å². The molecule has 1 saturated heterocycles. The minimum atomic E-state index is -2.94. The first kappa shape index (κ1) is 18.1. The predicted molar refractivity (Wildman–Crippen MR) is 84.4 cm³/mol. The molecule has 8 heteroatoms. The molecule has 5 nitrogen and oxygen atoms in total. The summed E-state index contributed by atoms with van der Waals surface area (Å²) in [5.74, 6) is -0.445. The van der Waals surface area contributed by atoms with Gasteiger partial charge in [0.05, 0.1) is 6.61 Å². The molecular weight excluding hydrogens is 326 g/mol. The van der Waals surface area contributed by atoms with Crippen LogP contribution in [0.5, 0.6) is 5.75 Å². The van der Waals surface area contributed by atoms with Crippen molar-refractivity contribution in [2.45, 2.75) is 26.4 Å². The van der Waals surface area contributed by atoms with E-state index in [0.29, 0.717) is 13.2 Å². The zero-order chi connectivity index (χ0) is 16.9. The van der Waals surface area contributed by atoms with E-state index in [1.54, 1.807) is 14.0 Å². The molecule has 0 unspecified atom stereocenters. The molecule has 1 aromatic heterocycles. The molecule has 2 N–H and O–H groups in total. The van der Waals surface area contributed by atoms with Gasteiger partial charge in [0.2, 0.25) is 0 Å². The van der Waals surface area contributed by atoms with E-state index in [0.717, 1.165) is 42.1 Å². The minimum Gasteiger partial charge on any atom is -0.433 e. The van der Waals surface area contributed by atoms with Crippen molar-refractivity contribution in [3.63, 3.8) is 0 Å². The first-order valence-corrected chi connectivity index (χ1v) is 8.30. The Morgan fingerprint density at radius 1 is 1.48 bits per heavy atom. The van der Waals surface area contributed by atoms with Crippen LogP contribution in [0.1, 0.15) is 27.4 Å². The number of ether oxygens (including phenoxy) is 2. The summed E-state index contributed by atoms with van der Waals surface area (Å²) >= 11 is 1.15. The van der Waals surface area contributed by atoms with Crippen molar-refractivity contribution < 1.29 is 23.0 Å². The lowest BCUT2D eigenvalue weighted by molar-refractivity contribution is -0.0498.